The number of rotatable bonds is 9. The summed E-state index contributed by atoms with van der Waals surface area (Å²) in [4.78, 5) is 27.3. The van der Waals surface area contributed by atoms with E-state index in [2.05, 4.69) is 0 Å². The molecule has 38 heavy (non-hydrogen) atoms. The average Bonchev–Trinajstić information content (AvgIpc) is 3.19. The van der Waals surface area contributed by atoms with Gasteiger partial charge >= 0.3 is 0 Å². The number of hydrogen-bond donors (Lipinski definition) is 0. The first-order valence-electron chi connectivity index (χ1n) is 11.9. The molecule has 0 spiro atoms. The maximum atomic E-state index is 13.1. The molecule has 0 unspecified atom stereocenters. The summed E-state index contributed by atoms with van der Waals surface area (Å²) in [5.41, 5.74) is 1.52. The molecule has 0 aromatic heterocycles. The Bertz CT molecular complexity index is 1530. The zero-order valence-electron chi connectivity index (χ0n) is 20.6. The van der Waals surface area contributed by atoms with E-state index in [1.807, 2.05) is 66.7 Å². The minimum absolute atomic E-state index is 0.140. The molecule has 0 saturated carbocycles. The molecule has 1 heterocycles. The Hall–Kier alpha value is -3.94. The van der Waals surface area contributed by atoms with E-state index in [-0.39, 0.29) is 30.9 Å². The Morgan fingerprint density at radius 1 is 0.895 bits per heavy atom. The number of amides is 2. The van der Waals surface area contributed by atoms with E-state index in [1.54, 1.807) is 31.4 Å². The molecular formula is C30H24ClNO5S. The summed E-state index contributed by atoms with van der Waals surface area (Å²) in [6, 6.07) is 26.5. The highest BCUT2D eigenvalue weighted by Gasteiger charge is 2.35. The Labute approximate surface area is 229 Å². The van der Waals surface area contributed by atoms with Crippen LogP contribution in [0.25, 0.3) is 16.8 Å². The van der Waals surface area contributed by atoms with E-state index in [0.29, 0.717) is 32.7 Å². The van der Waals surface area contributed by atoms with Gasteiger partial charge in [-0.1, -0.05) is 72.3 Å². The predicted molar refractivity (Wildman–Crippen MR) is 151 cm³/mol. The van der Waals surface area contributed by atoms with Gasteiger partial charge in [0.25, 0.3) is 11.1 Å². The number of methoxy groups -OCH3 is 1. The normalized spacial score (nSPS) is 14.4. The van der Waals surface area contributed by atoms with Gasteiger partial charge < -0.3 is 14.2 Å². The van der Waals surface area contributed by atoms with Crippen LogP contribution in [0, 0.1) is 0 Å². The van der Waals surface area contributed by atoms with Gasteiger partial charge in [-0.25, -0.2) is 0 Å². The molecule has 2 amide bonds. The van der Waals surface area contributed by atoms with E-state index in [4.69, 9.17) is 25.8 Å². The molecule has 0 N–H and O–H groups in total. The van der Waals surface area contributed by atoms with Crippen LogP contribution in [0.3, 0.4) is 0 Å². The van der Waals surface area contributed by atoms with E-state index in [1.165, 1.54) is 4.90 Å². The minimum Gasteiger partial charge on any atom is -0.493 e. The van der Waals surface area contributed by atoms with E-state index >= 15 is 0 Å². The van der Waals surface area contributed by atoms with Crippen molar-refractivity contribution >= 4 is 51.4 Å². The maximum absolute atomic E-state index is 13.1. The zero-order valence-corrected chi connectivity index (χ0v) is 22.1. The molecule has 5 rings (SSSR count). The molecule has 0 atom stereocenters. The Morgan fingerprint density at radius 3 is 2.50 bits per heavy atom. The number of nitrogens with zero attached hydrogens (tertiary/aromatic N) is 1. The summed E-state index contributed by atoms with van der Waals surface area (Å²) in [6.07, 6.45) is 1.66. The molecule has 4 aromatic carbocycles. The second kappa shape index (κ2) is 11.6. The van der Waals surface area contributed by atoms with Gasteiger partial charge in [0.1, 0.15) is 19.0 Å². The van der Waals surface area contributed by atoms with Gasteiger partial charge in [0.2, 0.25) is 0 Å². The van der Waals surface area contributed by atoms with Gasteiger partial charge in [0.05, 0.1) is 18.6 Å². The van der Waals surface area contributed by atoms with Crippen LogP contribution in [0.4, 0.5) is 4.79 Å². The maximum Gasteiger partial charge on any atom is 0.293 e. The lowest BCUT2D eigenvalue weighted by Gasteiger charge is -2.15. The Morgan fingerprint density at radius 2 is 1.66 bits per heavy atom. The number of para-hydroxylation sites is 1. The lowest BCUT2D eigenvalue weighted by Crippen LogP contribution is -2.32. The third kappa shape index (κ3) is 5.64. The summed E-state index contributed by atoms with van der Waals surface area (Å²) >= 11 is 6.99. The van der Waals surface area contributed by atoms with Crippen molar-refractivity contribution in [3.63, 3.8) is 0 Å². The SMILES string of the molecule is COc1cccc(/C=C2\SC(=O)N(CCOc3cccc4ccccc34)C2=O)c1OCc1cccc(Cl)c1. The van der Waals surface area contributed by atoms with Gasteiger partial charge in [0.15, 0.2) is 11.5 Å². The third-order valence-corrected chi connectivity index (χ3v) is 7.13. The van der Waals surface area contributed by atoms with Gasteiger partial charge in [-0.2, -0.15) is 0 Å². The summed E-state index contributed by atoms with van der Waals surface area (Å²) in [6.45, 7) is 0.586. The number of fused-ring (bicyclic) bond motifs is 1. The summed E-state index contributed by atoms with van der Waals surface area (Å²) in [7, 11) is 1.55. The number of halogens is 1. The Balaban J connectivity index is 1.30. The summed E-state index contributed by atoms with van der Waals surface area (Å²) < 4.78 is 17.5. The molecule has 0 aliphatic carbocycles. The first-order chi connectivity index (χ1) is 18.5. The van der Waals surface area contributed by atoms with Crippen LogP contribution >= 0.6 is 23.4 Å². The van der Waals surface area contributed by atoms with Crippen LogP contribution < -0.4 is 14.2 Å². The van der Waals surface area contributed by atoms with Crippen LogP contribution in [-0.4, -0.2) is 36.3 Å². The number of ether oxygens (including phenoxy) is 3. The predicted octanol–water partition coefficient (Wildman–Crippen LogP) is 7.20. The smallest absolute Gasteiger partial charge is 0.293 e. The van der Waals surface area contributed by atoms with E-state index in [9.17, 15) is 9.59 Å². The zero-order chi connectivity index (χ0) is 26.5. The monoisotopic (exact) mass is 545 g/mol. The fourth-order valence-electron chi connectivity index (χ4n) is 4.15. The van der Waals surface area contributed by atoms with Crippen molar-refractivity contribution in [1.82, 2.24) is 4.90 Å². The summed E-state index contributed by atoms with van der Waals surface area (Å²) in [5, 5.41) is 2.31. The molecule has 192 valence electrons. The van der Waals surface area contributed by atoms with Crippen LogP contribution in [0.2, 0.25) is 5.02 Å². The van der Waals surface area contributed by atoms with Gasteiger partial charge in [-0.3, -0.25) is 14.5 Å². The first kappa shape index (κ1) is 25.7. The highest BCUT2D eigenvalue weighted by Crippen LogP contribution is 2.38. The van der Waals surface area contributed by atoms with Crippen molar-refractivity contribution in [3.05, 3.63) is 106 Å². The number of carbonyl (C=O) groups is 2. The highest BCUT2D eigenvalue weighted by atomic mass is 35.5. The van der Waals surface area contributed by atoms with Gasteiger partial charge in [0, 0.05) is 16.0 Å². The number of benzene rings is 4. The molecule has 1 fully saturated rings. The molecule has 8 heteroatoms. The fourth-order valence-corrected chi connectivity index (χ4v) is 5.22. The lowest BCUT2D eigenvalue weighted by atomic mass is 10.1. The van der Waals surface area contributed by atoms with Crippen molar-refractivity contribution in [1.29, 1.82) is 0 Å². The van der Waals surface area contributed by atoms with Gasteiger partial charge in [-0.05, 0) is 53.1 Å². The fraction of sp³-hybridized carbons (Fsp3) is 0.133. The molecule has 4 aromatic rings. The number of carbonyl (C=O) groups excluding carboxylic acids is 2. The second-order valence-electron chi connectivity index (χ2n) is 8.46. The van der Waals surface area contributed by atoms with E-state index < -0.39 is 0 Å². The summed E-state index contributed by atoms with van der Waals surface area (Å²) in [5.74, 6) is 1.33. The first-order valence-corrected chi connectivity index (χ1v) is 13.1. The number of thioether (sulfide) groups is 1. The van der Waals surface area contributed by atoms with Crippen molar-refractivity contribution in [3.8, 4) is 17.2 Å². The quantitative estimate of drug-likeness (QED) is 0.207. The molecule has 1 saturated heterocycles. The third-order valence-electron chi connectivity index (χ3n) is 5.98. The molecule has 0 radical (unpaired) electrons. The molecule has 1 aliphatic rings. The number of imide groups is 1. The minimum atomic E-state index is -0.370. The van der Waals surface area contributed by atoms with Crippen LogP contribution in [-0.2, 0) is 11.4 Å². The van der Waals surface area contributed by atoms with Crippen molar-refractivity contribution in [2.45, 2.75) is 6.61 Å². The van der Waals surface area contributed by atoms with Crippen LogP contribution in [0.1, 0.15) is 11.1 Å². The van der Waals surface area contributed by atoms with E-state index in [0.717, 1.165) is 28.1 Å². The molecule has 6 nitrogen and oxygen atoms in total. The van der Waals surface area contributed by atoms with Gasteiger partial charge in [-0.15, -0.1) is 0 Å². The standard InChI is InChI=1S/C30H24ClNO5S/c1-35-26-14-6-10-22(28(26)37-19-20-7-4-11-23(31)17-20)18-27-29(33)32(30(34)38-27)15-16-36-25-13-5-9-21-8-2-3-12-24(21)25/h2-14,17-18H,15-16,19H2,1H3/b27-18-. The lowest BCUT2D eigenvalue weighted by molar-refractivity contribution is -0.123. The average molecular weight is 546 g/mol. The van der Waals surface area contributed by atoms with Crippen molar-refractivity contribution in [2.24, 2.45) is 0 Å². The molecule has 1 aliphatic heterocycles. The Kier molecular flexibility index (Phi) is 7.86. The number of hydrogen-bond acceptors (Lipinski definition) is 6. The topological polar surface area (TPSA) is 65.1 Å². The molecular weight excluding hydrogens is 522 g/mol. The second-order valence-corrected chi connectivity index (χ2v) is 9.89. The van der Waals surface area contributed by atoms with Crippen LogP contribution in [0.5, 0.6) is 17.2 Å². The van der Waals surface area contributed by atoms with Crippen LogP contribution in [0.15, 0.2) is 89.8 Å². The van der Waals surface area contributed by atoms with Crippen molar-refractivity contribution < 1.29 is 23.8 Å². The van der Waals surface area contributed by atoms with Crippen molar-refractivity contribution in [2.75, 3.05) is 20.3 Å². The molecule has 0 bridgehead atoms. The largest absolute Gasteiger partial charge is 0.493 e. The highest BCUT2D eigenvalue weighted by molar-refractivity contribution is 8.18.